The molecule has 3 aromatic rings. The van der Waals surface area contributed by atoms with Crippen molar-refractivity contribution in [2.75, 3.05) is 12.4 Å². The second-order valence-corrected chi connectivity index (χ2v) is 10.1. The summed E-state index contributed by atoms with van der Waals surface area (Å²) in [5.74, 6) is 2.21. The number of fused-ring (bicyclic) bond motifs is 1. The predicted molar refractivity (Wildman–Crippen MR) is 139 cm³/mol. The lowest BCUT2D eigenvalue weighted by Crippen LogP contribution is -2.36. The van der Waals surface area contributed by atoms with Crippen LogP contribution < -0.4 is 10.1 Å². The Morgan fingerprint density at radius 2 is 1.74 bits per heavy atom. The maximum absolute atomic E-state index is 13.3. The Balaban J connectivity index is 1.59. The third-order valence-electron chi connectivity index (χ3n) is 7.24. The summed E-state index contributed by atoms with van der Waals surface area (Å²) in [4.78, 5) is 13.3. The van der Waals surface area contributed by atoms with E-state index in [-0.39, 0.29) is 24.5 Å². The van der Waals surface area contributed by atoms with E-state index in [1.54, 1.807) is 7.11 Å². The number of esters is 1. The van der Waals surface area contributed by atoms with Crippen molar-refractivity contribution in [2.24, 2.45) is 17.8 Å². The molecule has 1 fully saturated rings. The first-order valence-electron chi connectivity index (χ1n) is 12.5. The van der Waals surface area contributed by atoms with Crippen molar-refractivity contribution < 1.29 is 14.3 Å². The summed E-state index contributed by atoms with van der Waals surface area (Å²) in [5, 5.41) is 5.90. The van der Waals surface area contributed by atoms with E-state index in [2.05, 4.69) is 56.4 Å². The minimum Gasteiger partial charge on any atom is -0.497 e. The van der Waals surface area contributed by atoms with Gasteiger partial charge in [-0.15, -0.1) is 0 Å². The average Bonchev–Trinajstić information content (AvgIpc) is 2.83. The van der Waals surface area contributed by atoms with Crippen molar-refractivity contribution in [1.82, 2.24) is 0 Å². The van der Waals surface area contributed by atoms with E-state index in [0.29, 0.717) is 17.8 Å². The van der Waals surface area contributed by atoms with Gasteiger partial charge in [-0.05, 0) is 71.2 Å². The van der Waals surface area contributed by atoms with Gasteiger partial charge in [0.15, 0.2) is 0 Å². The molecule has 4 heteroatoms. The normalized spacial score (nSPS) is 21.3. The summed E-state index contributed by atoms with van der Waals surface area (Å²) in [6.45, 7) is 6.75. The van der Waals surface area contributed by atoms with Crippen LogP contribution in [0.15, 0.2) is 66.7 Å². The smallest absolute Gasteiger partial charge is 0.308 e. The Hall–Kier alpha value is -3.01. The molecule has 0 aliphatic heterocycles. The van der Waals surface area contributed by atoms with E-state index in [1.165, 1.54) is 6.42 Å². The van der Waals surface area contributed by atoms with Crippen molar-refractivity contribution in [2.45, 2.75) is 58.6 Å². The second-order valence-electron chi connectivity index (χ2n) is 10.1. The number of anilines is 1. The zero-order chi connectivity index (χ0) is 24.1. The number of hydrogen-bond acceptors (Lipinski definition) is 4. The first-order chi connectivity index (χ1) is 16.4. The van der Waals surface area contributed by atoms with Crippen molar-refractivity contribution in [1.29, 1.82) is 0 Å². The van der Waals surface area contributed by atoms with E-state index in [1.807, 2.05) is 36.4 Å². The first-order valence-corrected chi connectivity index (χ1v) is 12.5. The van der Waals surface area contributed by atoms with E-state index in [0.717, 1.165) is 40.6 Å². The van der Waals surface area contributed by atoms with E-state index in [9.17, 15) is 4.79 Å². The van der Waals surface area contributed by atoms with Crippen molar-refractivity contribution in [3.63, 3.8) is 0 Å². The molecule has 4 atom stereocenters. The fraction of sp³-hybridized carbons (Fsp3) is 0.433. The Morgan fingerprint density at radius 1 is 1.00 bits per heavy atom. The van der Waals surface area contributed by atoms with Gasteiger partial charge in [0.25, 0.3) is 0 Å². The topological polar surface area (TPSA) is 47.6 Å². The number of carbonyl (C=O) groups excluding carboxylic acids is 1. The van der Waals surface area contributed by atoms with Gasteiger partial charge in [-0.2, -0.15) is 0 Å². The Labute approximate surface area is 203 Å². The summed E-state index contributed by atoms with van der Waals surface area (Å²) in [5.41, 5.74) is 2.04. The maximum Gasteiger partial charge on any atom is 0.308 e. The molecule has 0 unspecified atom stereocenters. The monoisotopic (exact) mass is 459 g/mol. The van der Waals surface area contributed by atoms with Crippen LogP contribution in [-0.2, 0) is 9.53 Å². The van der Waals surface area contributed by atoms with Crippen LogP contribution in [0.3, 0.4) is 0 Å². The molecule has 0 amide bonds. The van der Waals surface area contributed by atoms with Gasteiger partial charge in [-0.25, -0.2) is 0 Å². The molecule has 0 aromatic heterocycles. The summed E-state index contributed by atoms with van der Waals surface area (Å²) >= 11 is 0. The molecule has 0 spiro atoms. The van der Waals surface area contributed by atoms with Gasteiger partial charge in [0.05, 0.1) is 19.6 Å². The third-order valence-corrected chi connectivity index (χ3v) is 7.24. The SMILES string of the molecule is COc1ccc(N[C@H](CC(=O)O[C@@H]2C[C@H](C)CC[C@H]2C(C)C)c2cccc3ccccc23)cc1. The maximum atomic E-state index is 13.3. The van der Waals surface area contributed by atoms with Crippen LogP contribution in [0.5, 0.6) is 5.75 Å². The standard InChI is InChI=1S/C30H37NO3/c1-20(2)25-17-12-21(3)18-29(25)34-30(32)19-28(31-23-13-15-24(33-4)16-14-23)27-11-7-9-22-8-5-6-10-26(22)27/h5-11,13-16,20-21,25,28-29,31H,12,17-19H2,1-4H3/t21-,25+,28-,29-/m1/s1. The molecular weight excluding hydrogens is 422 g/mol. The Morgan fingerprint density at radius 3 is 2.47 bits per heavy atom. The quantitative estimate of drug-likeness (QED) is 0.357. The number of methoxy groups -OCH3 is 1. The van der Waals surface area contributed by atoms with Gasteiger partial charge in [0.1, 0.15) is 11.9 Å². The Kier molecular flexibility index (Phi) is 7.77. The molecule has 1 aliphatic rings. The lowest BCUT2D eigenvalue weighted by Gasteiger charge is -2.37. The summed E-state index contributed by atoms with van der Waals surface area (Å²) < 4.78 is 11.5. The molecule has 1 aliphatic carbocycles. The van der Waals surface area contributed by atoms with Gasteiger partial charge in [0.2, 0.25) is 0 Å². The highest BCUT2D eigenvalue weighted by atomic mass is 16.5. The molecule has 4 nitrogen and oxygen atoms in total. The van der Waals surface area contributed by atoms with Gasteiger partial charge in [0, 0.05) is 5.69 Å². The van der Waals surface area contributed by atoms with E-state index in [4.69, 9.17) is 9.47 Å². The van der Waals surface area contributed by atoms with Crippen LogP contribution in [-0.4, -0.2) is 19.2 Å². The fourth-order valence-electron chi connectivity index (χ4n) is 5.32. The largest absolute Gasteiger partial charge is 0.497 e. The van der Waals surface area contributed by atoms with Crippen LogP contribution in [0.1, 0.15) is 58.1 Å². The number of ether oxygens (including phenoxy) is 2. The zero-order valence-electron chi connectivity index (χ0n) is 20.8. The molecule has 3 aromatic carbocycles. The molecule has 1 N–H and O–H groups in total. The number of rotatable bonds is 8. The number of carbonyl (C=O) groups is 1. The predicted octanol–water partition coefficient (Wildman–Crippen LogP) is 7.40. The number of hydrogen-bond donors (Lipinski definition) is 1. The van der Waals surface area contributed by atoms with Crippen LogP contribution in [0.4, 0.5) is 5.69 Å². The van der Waals surface area contributed by atoms with Crippen LogP contribution in [0, 0.1) is 17.8 Å². The lowest BCUT2D eigenvalue weighted by molar-refractivity contribution is -0.156. The summed E-state index contributed by atoms with van der Waals surface area (Å²) in [6.07, 6.45) is 3.59. The molecule has 34 heavy (non-hydrogen) atoms. The number of nitrogens with one attached hydrogen (secondary N) is 1. The minimum absolute atomic E-state index is 0.00500. The molecule has 0 radical (unpaired) electrons. The van der Waals surface area contributed by atoms with Gasteiger partial charge < -0.3 is 14.8 Å². The van der Waals surface area contributed by atoms with Crippen molar-refractivity contribution in [3.8, 4) is 5.75 Å². The van der Waals surface area contributed by atoms with Crippen LogP contribution in [0.25, 0.3) is 10.8 Å². The van der Waals surface area contributed by atoms with Gasteiger partial charge >= 0.3 is 5.97 Å². The van der Waals surface area contributed by atoms with Gasteiger partial charge in [-0.3, -0.25) is 4.79 Å². The highest BCUT2D eigenvalue weighted by Gasteiger charge is 2.34. The highest BCUT2D eigenvalue weighted by Crippen LogP contribution is 2.36. The Bertz CT molecular complexity index is 1090. The summed E-state index contributed by atoms with van der Waals surface area (Å²) in [6, 6.07) is 22.2. The molecule has 0 saturated heterocycles. The van der Waals surface area contributed by atoms with Crippen molar-refractivity contribution >= 4 is 22.4 Å². The minimum atomic E-state index is -0.203. The average molecular weight is 460 g/mol. The van der Waals surface area contributed by atoms with E-state index >= 15 is 0 Å². The highest BCUT2D eigenvalue weighted by molar-refractivity contribution is 5.87. The molecule has 0 bridgehead atoms. The van der Waals surface area contributed by atoms with E-state index < -0.39 is 0 Å². The fourth-order valence-corrected chi connectivity index (χ4v) is 5.32. The molecule has 1 saturated carbocycles. The molecular formula is C30H37NO3. The first kappa shape index (κ1) is 24.1. The van der Waals surface area contributed by atoms with Gasteiger partial charge in [-0.1, -0.05) is 69.7 Å². The zero-order valence-corrected chi connectivity index (χ0v) is 20.8. The molecule has 4 rings (SSSR count). The van der Waals surface area contributed by atoms with Crippen molar-refractivity contribution in [3.05, 3.63) is 72.3 Å². The lowest BCUT2D eigenvalue weighted by atomic mass is 9.75. The van der Waals surface area contributed by atoms with Crippen LogP contribution >= 0.6 is 0 Å². The third kappa shape index (κ3) is 5.72. The molecule has 0 heterocycles. The summed E-state index contributed by atoms with van der Waals surface area (Å²) in [7, 11) is 1.66. The number of benzene rings is 3. The van der Waals surface area contributed by atoms with Crippen LogP contribution in [0.2, 0.25) is 0 Å². The second kappa shape index (κ2) is 10.9. The molecule has 180 valence electrons.